The van der Waals surface area contributed by atoms with E-state index in [1.54, 1.807) is 6.92 Å². The second-order valence-electron chi connectivity index (χ2n) is 8.35. The smallest absolute Gasteiger partial charge is 0.326 e. The van der Waals surface area contributed by atoms with Crippen LogP contribution in [0, 0.1) is 5.92 Å². The van der Waals surface area contributed by atoms with Crippen LogP contribution in [0.25, 0.3) is 0 Å². The van der Waals surface area contributed by atoms with Gasteiger partial charge in [0.25, 0.3) is 0 Å². The number of carbonyl (C=O) groups excluding carboxylic acids is 3. The number of aromatic amines is 1. The third-order valence-electron chi connectivity index (χ3n) is 5.38. The van der Waals surface area contributed by atoms with E-state index in [2.05, 4.69) is 30.9 Å². The van der Waals surface area contributed by atoms with E-state index < -0.39 is 47.9 Å². The van der Waals surface area contributed by atoms with E-state index in [1.165, 1.54) is 19.4 Å². The number of hydrogen-bond acceptors (Lipinski definition) is 7. The van der Waals surface area contributed by atoms with Gasteiger partial charge in [0.15, 0.2) is 5.96 Å². The Bertz CT molecular complexity index is 869. The maximum Gasteiger partial charge on any atom is 0.326 e. The summed E-state index contributed by atoms with van der Waals surface area (Å²) in [5, 5.41) is 17.2. The number of carbonyl (C=O) groups is 4. The van der Waals surface area contributed by atoms with Gasteiger partial charge < -0.3 is 43.2 Å². The number of nitrogens with one attached hydrogen (secondary N) is 4. The topological polar surface area (TPSA) is 244 Å². The van der Waals surface area contributed by atoms with E-state index in [-0.39, 0.29) is 31.3 Å². The normalized spacial score (nSPS) is 15.1. The van der Waals surface area contributed by atoms with Gasteiger partial charge in [-0.25, -0.2) is 9.78 Å². The fourth-order valence-electron chi connectivity index (χ4n) is 3.11. The fraction of sp³-hybridized carbons (Fsp3) is 0.619. The van der Waals surface area contributed by atoms with Crippen molar-refractivity contribution < 1.29 is 24.3 Å². The van der Waals surface area contributed by atoms with Crippen molar-refractivity contribution in [1.29, 1.82) is 0 Å². The summed E-state index contributed by atoms with van der Waals surface area (Å²) in [5.74, 6) is -3.51. The fourth-order valence-corrected chi connectivity index (χ4v) is 3.11. The summed E-state index contributed by atoms with van der Waals surface area (Å²) in [6, 6.07) is -4.16. The molecule has 0 fully saturated rings. The number of aromatic nitrogens is 2. The standard InChI is InChI=1S/C21H37N9O5/c1-4-11(2)16(20(34)35)30-18(32)14(6-5-7-26-21(23)24)28-19(33)15(29-17(31)12(3)22)8-13-9-25-10-27-13/h9-12,14-16H,4-8,22H2,1-3H3,(H,25,27)(H,28,33)(H,29,31)(H,30,32)(H,34,35)(H4,23,24,26). The van der Waals surface area contributed by atoms with Crippen molar-refractivity contribution in [1.82, 2.24) is 25.9 Å². The molecule has 5 atom stereocenters. The van der Waals surface area contributed by atoms with Crippen LogP contribution in [-0.2, 0) is 25.6 Å². The number of H-pyrrole nitrogens is 1. The molecule has 1 rings (SSSR count). The number of nitrogens with two attached hydrogens (primary N) is 3. The lowest BCUT2D eigenvalue weighted by Crippen LogP contribution is -2.58. The average molecular weight is 496 g/mol. The first-order chi connectivity index (χ1) is 16.5. The zero-order valence-electron chi connectivity index (χ0n) is 20.3. The van der Waals surface area contributed by atoms with E-state index in [4.69, 9.17) is 17.2 Å². The zero-order chi connectivity index (χ0) is 26.5. The van der Waals surface area contributed by atoms with E-state index in [0.717, 1.165) is 0 Å². The van der Waals surface area contributed by atoms with Crippen molar-refractivity contribution in [3.05, 3.63) is 18.2 Å². The summed E-state index contributed by atoms with van der Waals surface area (Å²) < 4.78 is 0. The molecule has 3 amide bonds. The van der Waals surface area contributed by atoms with Gasteiger partial charge in [-0.1, -0.05) is 20.3 Å². The molecule has 0 aromatic carbocycles. The van der Waals surface area contributed by atoms with Gasteiger partial charge in [0.05, 0.1) is 12.4 Å². The summed E-state index contributed by atoms with van der Waals surface area (Å²) in [6.45, 7) is 5.19. The highest BCUT2D eigenvalue weighted by molar-refractivity contribution is 5.94. The van der Waals surface area contributed by atoms with Gasteiger partial charge in [-0.3, -0.25) is 19.4 Å². The number of rotatable bonds is 15. The SMILES string of the molecule is CCC(C)C(NC(=O)C(CCCN=C(N)N)NC(=O)C(Cc1cnc[nH]1)NC(=O)C(C)N)C(=O)O. The van der Waals surface area contributed by atoms with Gasteiger partial charge in [-0.05, 0) is 25.7 Å². The van der Waals surface area contributed by atoms with Gasteiger partial charge in [-0.2, -0.15) is 0 Å². The number of aliphatic carboxylic acids is 1. The average Bonchev–Trinajstić information content (AvgIpc) is 3.30. The molecule has 14 heteroatoms. The molecule has 0 saturated carbocycles. The quantitative estimate of drug-likeness (QED) is 0.0756. The van der Waals surface area contributed by atoms with Crippen molar-refractivity contribution in [2.24, 2.45) is 28.1 Å². The first kappa shape index (κ1) is 29.4. The molecule has 0 radical (unpaired) electrons. The summed E-state index contributed by atoms with van der Waals surface area (Å²) in [5.41, 5.74) is 16.9. The molecular weight excluding hydrogens is 458 g/mol. The Morgan fingerprint density at radius 2 is 1.71 bits per heavy atom. The second kappa shape index (κ2) is 14.6. The Balaban J connectivity index is 3.07. The zero-order valence-corrected chi connectivity index (χ0v) is 20.3. The van der Waals surface area contributed by atoms with Crippen LogP contribution >= 0.6 is 0 Å². The van der Waals surface area contributed by atoms with E-state index in [0.29, 0.717) is 18.5 Å². The van der Waals surface area contributed by atoms with Crippen LogP contribution in [0.1, 0.15) is 45.7 Å². The summed E-state index contributed by atoms with van der Waals surface area (Å²) >= 11 is 0. The van der Waals surface area contributed by atoms with Crippen LogP contribution in [0.5, 0.6) is 0 Å². The van der Waals surface area contributed by atoms with Crippen LogP contribution in [0.4, 0.5) is 0 Å². The minimum Gasteiger partial charge on any atom is -0.480 e. The summed E-state index contributed by atoms with van der Waals surface area (Å²) in [7, 11) is 0. The summed E-state index contributed by atoms with van der Waals surface area (Å²) in [4.78, 5) is 60.6. The van der Waals surface area contributed by atoms with E-state index in [9.17, 15) is 24.3 Å². The molecule has 196 valence electrons. The number of amides is 3. The Morgan fingerprint density at radius 1 is 1.09 bits per heavy atom. The van der Waals surface area contributed by atoms with Crippen LogP contribution in [0.2, 0.25) is 0 Å². The first-order valence-corrected chi connectivity index (χ1v) is 11.4. The predicted octanol–water partition coefficient (Wildman–Crippen LogP) is -2.06. The predicted molar refractivity (Wildman–Crippen MR) is 129 cm³/mol. The lowest BCUT2D eigenvalue weighted by Gasteiger charge is -2.26. The van der Waals surface area contributed by atoms with Gasteiger partial charge >= 0.3 is 5.97 Å². The Hall–Kier alpha value is -3.68. The molecule has 0 aliphatic carbocycles. The second-order valence-corrected chi connectivity index (χ2v) is 8.35. The van der Waals surface area contributed by atoms with E-state index >= 15 is 0 Å². The molecule has 0 aliphatic heterocycles. The number of aliphatic imine (C=N–C) groups is 1. The van der Waals surface area contributed by atoms with Gasteiger partial charge in [0.1, 0.15) is 18.1 Å². The molecule has 1 aromatic heterocycles. The molecule has 0 aliphatic rings. The highest BCUT2D eigenvalue weighted by Gasteiger charge is 2.31. The number of guanidine groups is 1. The van der Waals surface area contributed by atoms with Crippen LogP contribution in [0.15, 0.2) is 17.5 Å². The van der Waals surface area contributed by atoms with Crippen molar-refractivity contribution in [2.75, 3.05) is 6.54 Å². The highest BCUT2D eigenvalue weighted by Crippen LogP contribution is 2.10. The summed E-state index contributed by atoms with van der Waals surface area (Å²) in [6.07, 6.45) is 3.97. The Morgan fingerprint density at radius 3 is 2.23 bits per heavy atom. The lowest BCUT2D eigenvalue weighted by atomic mass is 9.98. The lowest BCUT2D eigenvalue weighted by molar-refractivity contribution is -0.144. The van der Waals surface area contributed by atoms with Crippen LogP contribution < -0.4 is 33.2 Å². The molecule has 0 spiro atoms. The number of nitrogens with zero attached hydrogens (tertiary/aromatic N) is 2. The van der Waals surface area contributed by atoms with Crippen molar-refractivity contribution in [2.45, 2.75) is 70.6 Å². The molecule has 11 N–H and O–H groups in total. The first-order valence-electron chi connectivity index (χ1n) is 11.4. The van der Waals surface area contributed by atoms with Gasteiger partial charge in [0.2, 0.25) is 17.7 Å². The monoisotopic (exact) mass is 495 g/mol. The van der Waals surface area contributed by atoms with Crippen molar-refractivity contribution in [3.8, 4) is 0 Å². The molecule has 5 unspecified atom stereocenters. The molecule has 35 heavy (non-hydrogen) atoms. The third kappa shape index (κ3) is 10.4. The molecule has 14 nitrogen and oxygen atoms in total. The number of hydrogen-bond donors (Lipinski definition) is 8. The molecule has 1 aromatic rings. The highest BCUT2D eigenvalue weighted by atomic mass is 16.4. The number of imidazole rings is 1. The Kier molecular flexibility index (Phi) is 12.2. The van der Waals surface area contributed by atoms with Crippen LogP contribution in [0.3, 0.4) is 0 Å². The Labute approximate surface area is 203 Å². The van der Waals surface area contributed by atoms with Crippen molar-refractivity contribution in [3.63, 3.8) is 0 Å². The molecule has 1 heterocycles. The van der Waals surface area contributed by atoms with Crippen LogP contribution in [-0.4, -0.2) is 75.4 Å². The van der Waals surface area contributed by atoms with Gasteiger partial charge in [-0.15, -0.1) is 0 Å². The third-order valence-corrected chi connectivity index (χ3v) is 5.38. The molecule has 0 saturated heterocycles. The minimum atomic E-state index is -1.18. The minimum absolute atomic E-state index is 0.0667. The number of carboxylic acid groups (broad SMARTS) is 1. The largest absolute Gasteiger partial charge is 0.480 e. The van der Waals surface area contributed by atoms with Crippen molar-refractivity contribution >= 4 is 29.7 Å². The molecule has 0 bridgehead atoms. The van der Waals surface area contributed by atoms with Gasteiger partial charge in [0, 0.05) is 24.9 Å². The van der Waals surface area contributed by atoms with E-state index in [1.807, 2.05) is 6.92 Å². The molecular formula is C21H37N9O5. The maximum absolute atomic E-state index is 13.1. The maximum atomic E-state index is 13.1. The number of carboxylic acids is 1.